The Morgan fingerprint density at radius 3 is 2.69 bits per heavy atom. The monoisotopic (exact) mass is 222 g/mol. The minimum Gasteiger partial charge on any atom is -0.271 e. The van der Waals surface area contributed by atoms with Gasteiger partial charge in [0, 0.05) is 6.04 Å². The summed E-state index contributed by atoms with van der Waals surface area (Å²) in [5.41, 5.74) is 5.58. The topological polar surface area (TPSA) is 38.0 Å². The van der Waals surface area contributed by atoms with E-state index in [0.29, 0.717) is 0 Å². The van der Waals surface area contributed by atoms with Gasteiger partial charge in [0.1, 0.15) is 5.82 Å². The summed E-state index contributed by atoms with van der Waals surface area (Å²) in [7, 11) is 0. The zero-order valence-corrected chi connectivity index (χ0v) is 9.89. The lowest BCUT2D eigenvalue weighted by Gasteiger charge is -2.17. The second kappa shape index (κ2) is 5.77. The molecule has 0 aliphatic rings. The van der Waals surface area contributed by atoms with Gasteiger partial charge < -0.3 is 0 Å². The molecule has 3 heteroatoms. The molecule has 0 aliphatic carbocycles. The van der Waals surface area contributed by atoms with Crippen LogP contribution in [0.3, 0.4) is 0 Å². The number of hydrazine groups is 1. The van der Waals surface area contributed by atoms with Crippen LogP contribution < -0.4 is 11.3 Å². The highest BCUT2D eigenvalue weighted by molar-refractivity contribution is 5.27. The lowest BCUT2D eigenvalue weighted by Crippen LogP contribution is -2.28. The third-order valence-electron chi connectivity index (χ3n) is 2.66. The molecule has 1 aromatic carbocycles. The molecular weight excluding hydrogens is 203 g/mol. The number of nitrogens with two attached hydrogens (primary N) is 1. The lowest BCUT2D eigenvalue weighted by atomic mass is 9.97. The zero-order chi connectivity index (χ0) is 12.1. The molecule has 88 valence electrons. The standard InChI is InChI=1S/C13H19FN2/c1-4-9(2)7-13(16-15)11-5-10(3)6-12(14)8-11/h5-6,8,13,16H,2,4,7,15H2,1,3H3. The van der Waals surface area contributed by atoms with Gasteiger partial charge in [0.05, 0.1) is 0 Å². The molecule has 0 spiro atoms. The molecule has 0 saturated carbocycles. The fraction of sp³-hybridized carbons (Fsp3) is 0.385. The van der Waals surface area contributed by atoms with Crippen molar-refractivity contribution >= 4 is 0 Å². The van der Waals surface area contributed by atoms with E-state index in [1.807, 2.05) is 19.9 Å². The van der Waals surface area contributed by atoms with E-state index < -0.39 is 0 Å². The Balaban J connectivity index is 2.90. The highest BCUT2D eigenvalue weighted by Gasteiger charge is 2.11. The molecule has 0 amide bonds. The van der Waals surface area contributed by atoms with Crippen molar-refractivity contribution in [1.82, 2.24) is 5.43 Å². The molecular formula is C13H19FN2. The predicted octanol–water partition coefficient (Wildman–Crippen LogP) is 2.99. The number of rotatable bonds is 5. The first kappa shape index (κ1) is 12.9. The molecule has 1 atom stereocenters. The number of halogens is 1. The summed E-state index contributed by atoms with van der Waals surface area (Å²) in [5, 5.41) is 0. The van der Waals surface area contributed by atoms with Crippen molar-refractivity contribution in [3.05, 3.63) is 47.3 Å². The van der Waals surface area contributed by atoms with Crippen molar-refractivity contribution < 1.29 is 4.39 Å². The Morgan fingerprint density at radius 2 is 2.19 bits per heavy atom. The van der Waals surface area contributed by atoms with Crippen molar-refractivity contribution in [3.8, 4) is 0 Å². The van der Waals surface area contributed by atoms with E-state index in [9.17, 15) is 4.39 Å². The lowest BCUT2D eigenvalue weighted by molar-refractivity contribution is 0.537. The SMILES string of the molecule is C=C(CC)CC(NN)c1cc(C)cc(F)c1. The predicted molar refractivity (Wildman–Crippen MR) is 65.2 cm³/mol. The third-order valence-corrected chi connectivity index (χ3v) is 2.66. The van der Waals surface area contributed by atoms with Gasteiger partial charge in [0.2, 0.25) is 0 Å². The maximum absolute atomic E-state index is 13.3. The van der Waals surface area contributed by atoms with Crippen LogP contribution in [0.4, 0.5) is 4.39 Å². The Kier molecular flexibility index (Phi) is 4.65. The van der Waals surface area contributed by atoms with E-state index in [-0.39, 0.29) is 11.9 Å². The molecule has 0 fully saturated rings. The summed E-state index contributed by atoms with van der Waals surface area (Å²) in [5.74, 6) is 5.27. The van der Waals surface area contributed by atoms with Crippen molar-refractivity contribution in [2.24, 2.45) is 5.84 Å². The van der Waals surface area contributed by atoms with Crippen LogP contribution in [0.15, 0.2) is 30.4 Å². The highest BCUT2D eigenvalue weighted by atomic mass is 19.1. The van der Waals surface area contributed by atoms with Gasteiger partial charge >= 0.3 is 0 Å². The van der Waals surface area contributed by atoms with Gasteiger partial charge in [0.25, 0.3) is 0 Å². The van der Waals surface area contributed by atoms with Crippen molar-refractivity contribution in [1.29, 1.82) is 0 Å². The van der Waals surface area contributed by atoms with Crippen LogP contribution in [0.2, 0.25) is 0 Å². The average Bonchev–Trinajstić information content (AvgIpc) is 2.24. The quantitative estimate of drug-likeness (QED) is 0.456. The van der Waals surface area contributed by atoms with Crippen LogP contribution in [-0.4, -0.2) is 0 Å². The Bertz CT molecular complexity index is 354. The second-order valence-corrected chi connectivity index (χ2v) is 4.09. The number of nitrogens with one attached hydrogen (secondary N) is 1. The largest absolute Gasteiger partial charge is 0.271 e. The van der Waals surface area contributed by atoms with Gasteiger partial charge in [-0.1, -0.05) is 25.1 Å². The fourth-order valence-electron chi connectivity index (χ4n) is 1.67. The zero-order valence-electron chi connectivity index (χ0n) is 9.89. The minimum absolute atomic E-state index is 0.0677. The van der Waals surface area contributed by atoms with Crippen molar-refractivity contribution in [2.75, 3.05) is 0 Å². The Hall–Kier alpha value is -1.19. The average molecular weight is 222 g/mol. The highest BCUT2D eigenvalue weighted by Crippen LogP contribution is 2.22. The number of benzene rings is 1. The Morgan fingerprint density at radius 1 is 1.50 bits per heavy atom. The number of aryl methyl sites for hydroxylation is 1. The molecule has 0 bridgehead atoms. The summed E-state index contributed by atoms with van der Waals surface area (Å²) >= 11 is 0. The molecule has 1 aromatic rings. The minimum atomic E-state index is -0.225. The third kappa shape index (κ3) is 3.43. The summed E-state index contributed by atoms with van der Waals surface area (Å²) in [6, 6.07) is 4.89. The van der Waals surface area contributed by atoms with E-state index in [1.165, 1.54) is 12.1 Å². The van der Waals surface area contributed by atoms with Gasteiger partial charge in [-0.25, -0.2) is 4.39 Å². The van der Waals surface area contributed by atoms with Gasteiger partial charge in [0.15, 0.2) is 0 Å². The molecule has 0 aliphatic heterocycles. The van der Waals surface area contributed by atoms with Crippen LogP contribution in [0, 0.1) is 12.7 Å². The van der Waals surface area contributed by atoms with Crippen LogP contribution in [0.25, 0.3) is 0 Å². The van der Waals surface area contributed by atoms with E-state index >= 15 is 0 Å². The first-order valence-electron chi connectivity index (χ1n) is 5.46. The normalized spacial score (nSPS) is 12.5. The summed E-state index contributed by atoms with van der Waals surface area (Å²) in [6.45, 7) is 7.86. The van der Waals surface area contributed by atoms with Gasteiger partial charge in [-0.05, 0) is 43.0 Å². The first-order valence-corrected chi connectivity index (χ1v) is 5.46. The van der Waals surface area contributed by atoms with E-state index in [0.717, 1.165) is 29.5 Å². The molecule has 0 radical (unpaired) electrons. The van der Waals surface area contributed by atoms with Crippen LogP contribution in [0.5, 0.6) is 0 Å². The van der Waals surface area contributed by atoms with Crippen molar-refractivity contribution in [3.63, 3.8) is 0 Å². The molecule has 0 saturated heterocycles. The summed E-state index contributed by atoms with van der Waals surface area (Å²) in [6.07, 6.45) is 1.64. The molecule has 0 aromatic heterocycles. The second-order valence-electron chi connectivity index (χ2n) is 4.09. The first-order chi connectivity index (χ1) is 7.56. The molecule has 0 heterocycles. The molecule has 2 nitrogen and oxygen atoms in total. The molecule has 1 rings (SSSR count). The van der Waals surface area contributed by atoms with Gasteiger partial charge in [-0.2, -0.15) is 0 Å². The van der Waals surface area contributed by atoms with E-state index in [2.05, 4.69) is 12.0 Å². The molecule has 16 heavy (non-hydrogen) atoms. The van der Waals surface area contributed by atoms with Gasteiger partial charge in [-0.15, -0.1) is 0 Å². The smallest absolute Gasteiger partial charge is 0.123 e. The fourth-order valence-corrected chi connectivity index (χ4v) is 1.67. The van der Waals surface area contributed by atoms with Crippen LogP contribution in [-0.2, 0) is 0 Å². The van der Waals surface area contributed by atoms with Crippen LogP contribution >= 0.6 is 0 Å². The van der Waals surface area contributed by atoms with E-state index in [4.69, 9.17) is 5.84 Å². The van der Waals surface area contributed by atoms with Crippen molar-refractivity contribution in [2.45, 2.75) is 32.7 Å². The molecule has 1 unspecified atom stereocenters. The Labute approximate surface area is 96.3 Å². The summed E-state index contributed by atoms with van der Waals surface area (Å²) < 4.78 is 13.3. The maximum Gasteiger partial charge on any atom is 0.123 e. The number of hydrogen-bond acceptors (Lipinski definition) is 2. The van der Waals surface area contributed by atoms with Crippen LogP contribution in [0.1, 0.15) is 36.9 Å². The van der Waals surface area contributed by atoms with E-state index in [1.54, 1.807) is 0 Å². The summed E-state index contributed by atoms with van der Waals surface area (Å²) in [4.78, 5) is 0. The van der Waals surface area contributed by atoms with Gasteiger partial charge in [-0.3, -0.25) is 11.3 Å². The number of hydrogen-bond donors (Lipinski definition) is 2. The maximum atomic E-state index is 13.3. The molecule has 3 N–H and O–H groups in total.